The van der Waals surface area contributed by atoms with Gasteiger partial charge in [0, 0.05) is 16.5 Å². The molecule has 2 aromatic carbocycles. The lowest BCUT2D eigenvalue weighted by Gasteiger charge is -2.02. The Morgan fingerprint density at radius 3 is 3.00 bits per heavy atom. The van der Waals surface area contributed by atoms with Gasteiger partial charge in [0.25, 0.3) is 0 Å². The van der Waals surface area contributed by atoms with E-state index >= 15 is 0 Å². The first-order valence-corrected chi connectivity index (χ1v) is 4.33. The van der Waals surface area contributed by atoms with Crippen molar-refractivity contribution in [2.75, 3.05) is 7.11 Å². The molecular formula is C11H8ClO. The molecule has 2 aromatic rings. The maximum atomic E-state index is 5.99. The van der Waals surface area contributed by atoms with E-state index in [-0.39, 0.29) is 0 Å². The second kappa shape index (κ2) is 3.27. The lowest BCUT2D eigenvalue weighted by molar-refractivity contribution is 0.414. The van der Waals surface area contributed by atoms with Gasteiger partial charge in [0.05, 0.1) is 7.11 Å². The quantitative estimate of drug-likeness (QED) is 0.672. The third-order valence-corrected chi connectivity index (χ3v) is 2.28. The zero-order chi connectivity index (χ0) is 9.26. The number of fused-ring (bicyclic) bond motifs is 1. The Balaban J connectivity index is 2.72. The van der Waals surface area contributed by atoms with Gasteiger partial charge in [-0.3, -0.25) is 0 Å². The minimum absolute atomic E-state index is 0.731. The predicted octanol–water partition coefficient (Wildman–Crippen LogP) is 3.30. The van der Waals surface area contributed by atoms with E-state index in [1.54, 1.807) is 7.11 Å². The predicted molar refractivity (Wildman–Crippen MR) is 54.3 cm³/mol. The van der Waals surface area contributed by atoms with Crippen LogP contribution in [-0.2, 0) is 0 Å². The van der Waals surface area contributed by atoms with Gasteiger partial charge in [-0.25, -0.2) is 0 Å². The van der Waals surface area contributed by atoms with Crippen LogP contribution in [0.1, 0.15) is 0 Å². The van der Waals surface area contributed by atoms with Gasteiger partial charge in [-0.05, 0) is 23.6 Å². The minimum atomic E-state index is 0.731. The van der Waals surface area contributed by atoms with Crippen LogP contribution in [0.3, 0.4) is 0 Å². The summed E-state index contributed by atoms with van der Waals surface area (Å²) in [5.74, 6) is 0.731. The third-order valence-electron chi connectivity index (χ3n) is 1.95. The standard InChI is InChI=1S/C11H8ClO/c1-13-9-5-6-10-8(7-9)3-2-4-11(10)12/h2-4,6-7H,1H3. The van der Waals surface area contributed by atoms with Crippen LogP contribution in [0.25, 0.3) is 10.8 Å². The molecule has 2 heteroatoms. The lowest BCUT2D eigenvalue weighted by Crippen LogP contribution is -1.82. The van der Waals surface area contributed by atoms with Crippen molar-refractivity contribution in [1.82, 2.24) is 0 Å². The fourth-order valence-corrected chi connectivity index (χ4v) is 1.51. The van der Waals surface area contributed by atoms with Crippen LogP contribution >= 0.6 is 11.6 Å². The van der Waals surface area contributed by atoms with Crippen molar-refractivity contribution >= 4 is 22.4 Å². The first-order valence-electron chi connectivity index (χ1n) is 3.95. The first-order chi connectivity index (χ1) is 6.31. The van der Waals surface area contributed by atoms with E-state index in [0.717, 1.165) is 21.5 Å². The summed E-state index contributed by atoms with van der Waals surface area (Å²) in [6.45, 7) is 0. The molecule has 0 unspecified atom stereocenters. The van der Waals surface area contributed by atoms with Crippen LogP contribution in [0.15, 0.2) is 30.3 Å². The number of benzene rings is 2. The van der Waals surface area contributed by atoms with Crippen molar-refractivity contribution in [3.63, 3.8) is 0 Å². The van der Waals surface area contributed by atoms with Gasteiger partial charge in [-0.15, -0.1) is 0 Å². The van der Waals surface area contributed by atoms with Crippen molar-refractivity contribution in [2.24, 2.45) is 0 Å². The molecule has 65 valence electrons. The molecule has 0 saturated carbocycles. The number of rotatable bonds is 1. The highest BCUT2D eigenvalue weighted by atomic mass is 35.5. The fraction of sp³-hybridized carbons (Fsp3) is 0.0909. The summed E-state index contributed by atoms with van der Waals surface area (Å²) < 4.78 is 5.06. The molecule has 2 rings (SSSR count). The summed E-state index contributed by atoms with van der Waals surface area (Å²) in [4.78, 5) is 0. The van der Waals surface area contributed by atoms with E-state index in [1.807, 2.05) is 30.3 Å². The van der Waals surface area contributed by atoms with E-state index in [2.05, 4.69) is 6.07 Å². The molecule has 0 aliphatic heterocycles. The Hall–Kier alpha value is -1.21. The Bertz CT molecular complexity index is 437. The summed E-state index contributed by atoms with van der Waals surface area (Å²) in [6, 6.07) is 12.5. The van der Waals surface area contributed by atoms with Crippen LogP contribution in [0.5, 0.6) is 5.75 Å². The highest BCUT2D eigenvalue weighted by Crippen LogP contribution is 2.25. The van der Waals surface area contributed by atoms with Crippen molar-refractivity contribution in [1.29, 1.82) is 0 Å². The summed E-state index contributed by atoms with van der Waals surface area (Å²) in [5.41, 5.74) is 0. The second-order valence-corrected chi connectivity index (χ2v) is 3.15. The molecule has 0 spiro atoms. The van der Waals surface area contributed by atoms with Gasteiger partial charge in [-0.1, -0.05) is 23.7 Å². The number of hydrogen-bond donors (Lipinski definition) is 0. The Kier molecular flexibility index (Phi) is 2.11. The van der Waals surface area contributed by atoms with E-state index in [1.165, 1.54) is 0 Å². The minimum Gasteiger partial charge on any atom is -0.496 e. The summed E-state index contributed by atoms with van der Waals surface area (Å²) in [6.07, 6.45) is 0. The molecule has 0 amide bonds. The average molecular weight is 192 g/mol. The van der Waals surface area contributed by atoms with Crippen LogP contribution in [0.2, 0.25) is 5.02 Å². The van der Waals surface area contributed by atoms with E-state index < -0.39 is 0 Å². The van der Waals surface area contributed by atoms with Gasteiger partial charge < -0.3 is 4.74 Å². The Labute approximate surface area is 81.9 Å². The molecule has 13 heavy (non-hydrogen) atoms. The normalized spacial score (nSPS) is 10.3. The molecule has 0 saturated heterocycles. The Morgan fingerprint density at radius 2 is 2.23 bits per heavy atom. The molecule has 0 atom stereocenters. The van der Waals surface area contributed by atoms with Crippen molar-refractivity contribution in [3.8, 4) is 5.75 Å². The van der Waals surface area contributed by atoms with Crippen molar-refractivity contribution in [3.05, 3.63) is 41.4 Å². The molecule has 0 aliphatic carbocycles. The van der Waals surface area contributed by atoms with Crippen LogP contribution < -0.4 is 4.74 Å². The average Bonchev–Trinajstić information content (AvgIpc) is 2.18. The summed E-state index contributed by atoms with van der Waals surface area (Å²) in [7, 11) is 1.63. The molecule has 1 radical (unpaired) electrons. The smallest absolute Gasteiger partial charge is 0.127 e. The topological polar surface area (TPSA) is 9.23 Å². The van der Waals surface area contributed by atoms with Crippen LogP contribution in [0.4, 0.5) is 0 Å². The highest BCUT2D eigenvalue weighted by molar-refractivity contribution is 6.35. The van der Waals surface area contributed by atoms with Crippen molar-refractivity contribution in [2.45, 2.75) is 0 Å². The number of ether oxygens (including phenoxy) is 1. The maximum absolute atomic E-state index is 5.99. The molecule has 0 fully saturated rings. The largest absolute Gasteiger partial charge is 0.496 e. The van der Waals surface area contributed by atoms with Crippen LogP contribution in [-0.4, -0.2) is 7.11 Å². The van der Waals surface area contributed by atoms with Gasteiger partial charge in [0.2, 0.25) is 0 Å². The van der Waals surface area contributed by atoms with Gasteiger partial charge in [0.15, 0.2) is 0 Å². The second-order valence-electron chi connectivity index (χ2n) is 2.74. The molecule has 0 heterocycles. The molecule has 0 aromatic heterocycles. The zero-order valence-corrected chi connectivity index (χ0v) is 7.93. The first kappa shape index (κ1) is 8.39. The maximum Gasteiger partial charge on any atom is 0.127 e. The molecule has 0 aliphatic rings. The third kappa shape index (κ3) is 1.47. The fourth-order valence-electron chi connectivity index (χ4n) is 1.28. The summed E-state index contributed by atoms with van der Waals surface area (Å²) in [5, 5.41) is 2.82. The van der Waals surface area contributed by atoms with Gasteiger partial charge in [-0.2, -0.15) is 0 Å². The zero-order valence-electron chi connectivity index (χ0n) is 7.17. The monoisotopic (exact) mass is 191 g/mol. The highest BCUT2D eigenvalue weighted by Gasteiger charge is 1.99. The molecule has 1 nitrogen and oxygen atoms in total. The van der Waals surface area contributed by atoms with E-state index in [9.17, 15) is 0 Å². The molecule has 0 bridgehead atoms. The number of halogens is 1. The SMILES string of the molecule is COc1[c]cc2c(Cl)cccc2c1. The van der Waals surface area contributed by atoms with Crippen molar-refractivity contribution < 1.29 is 4.74 Å². The Morgan fingerprint density at radius 1 is 1.38 bits per heavy atom. The van der Waals surface area contributed by atoms with Crippen LogP contribution in [0, 0.1) is 6.07 Å². The van der Waals surface area contributed by atoms with Gasteiger partial charge >= 0.3 is 0 Å². The number of methoxy groups -OCH3 is 1. The van der Waals surface area contributed by atoms with E-state index in [4.69, 9.17) is 16.3 Å². The molecule has 0 N–H and O–H groups in total. The van der Waals surface area contributed by atoms with E-state index in [0.29, 0.717) is 0 Å². The van der Waals surface area contributed by atoms with Gasteiger partial charge in [0.1, 0.15) is 5.75 Å². The summed E-state index contributed by atoms with van der Waals surface area (Å²) >= 11 is 5.99. The molecular weight excluding hydrogens is 184 g/mol. The number of hydrogen-bond acceptors (Lipinski definition) is 1. The lowest BCUT2D eigenvalue weighted by atomic mass is 10.1.